The molecule has 3 N–H and O–H groups in total. The Hall–Kier alpha value is -1.36. The number of anilines is 1. The van der Waals surface area contributed by atoms with Crippen LogP contribution in [0.15, 0.2) is 17.2 Å². The van der Waals surface area contributed by atoms with Crippen molar-refractivity contribution >= 4 is 5.82 Å². The fourth-order valence-electron chi connectivity index (χ4n) is 1.84. The summed E-state index contributed by atoms with van der Waals surface area (Å²) in [5, 5.41) is 3.15. The Morgan fingerprint density at radius 1 is 1.59 bits per heavy atom. The highest BCUT2D eigenvalue weighted by Crippen LogP contribution is 2.33. The average molecular weight is 236 g/mol. The van der Waals surface area contributed by atoms with E-state index in [0.717, 1.165) is 12.8 Å². The molecule has 5 heteroatoms. The van der Waals surface area contributed by atoms with Gasteiger partial charge < -0.3 is 15.6 Å². The van der Waals surface area contributed by atoms with Crippen LogP contribution in [0.2, 0.25) is 0 Å². The van der Waals surface area contributed by atoms with Gasteiger partial charge in [0.05, 0.1) is 0 Å². The van der Waals surface area contributed by atoms with Gasteiger partial charge >= 0.3 is 0 Å². The number of hydrogen-bond acceptors (Lipinski definition) is 4. The minimum Gasteiger partial charge on any atom is -0.361 e. The maximum absolute atomic E-state index is 12.1. The summed E-state index contributed by atoms with van der Waals surface area (Å²) in [7, 11) is 0. The number of nitrogens with two attached hydrogens (primary N) is 1. The van der Waals surface area contributed by atoms with Gasteiger partial charge in [0.2, 0.25) is 0 Å². The summed E-state index contributed by atoms with van der Waals surface area (Å²) in [4.78, 5) is 16.2. The van der Waals surface area contributed by atoms with Gasteiger partial charge in [-0.05, 0) is 18.8 Å². The minimum absolute atomic E-state index is 0.0332. The predicted molar refractivity (Wildman–Crippen MR) is 68.1 cm³/mol. The van der Waals surface area contributed by atoms with E-state index in [1.165, 1.54) is 0 Å². The molecule has 1 fully saturated rings. The zero-order valence-electron chi connectivity index (χ0n) is 10.4. The van der Waals surface area contributed by atoms with Crippen molar-refractivity contribution < 1.29 is 0 Å². The minimum atomic E-state index is -0.0332. The van der Waals surface area contributed by atoms with Crippen molar-refractivity contribution in [3.63, 3.8) is 0 Å². The monoisotopic (exact) mass is 236 g/mol. The van der Waals surface area contributed by atoms with Gasteiger partial charge in [-0.25, -0.2) is 4.98 Å². The van der Waals surface area contributed by atoms with E-state index in [2.05, 4.69) is 24.1 Å². The van der Waals surface area contributed by atoms with Crippen LogP contribution in [0, 0.1) is 5.92 Å². The van der Waals surface area contributed by atoms with E-state index in [-0.39, 0.29) is 11.6 Å². The smallest absolute Gasteiger partial charge is 0.293 e. The molecule has 5 nitrogen and oxygen atoms in total. The van der Waals surface area contributed by atoms with Crippen molar-refractivity contribution in [2.45, 2.75) is 38.8 Å². The number of nitrogens with zero attached hydrogens (tertiary/aromatic N) is 2. The van der Waals surface area contributed by atoms with Gasteiger partial charge in [-0.2, -0.15) is 0 Å². The van der Waals surface area contributed by atoms with E-state index in [1.54, 1.807) is 17.0 Å². The van der Waals surface area contributed by atoms with E-state index in [4.69, 9.17) is 5.73 Å². The second-order valence-corrected chi connectivity index (χ2v) is 4.95. The van der Waals surface area contributed by atoms with Gasteiger partial charge in [-0.1, -0.05) is 13.8 Å². The van der Waals surface area contributed by atoms with E-state index < -0.39 is 0 Å². The molecule has 0 bridgehead atoms. The first-order valence-electron chi connectivity index (χ1n) is 6.17. The topological polar surface area (TPSA) is 72.9 Å². The summed E-state index contributed by atoms with van der Waals surface area (Å²) in [6.07, 6.45) is 5.62. The Morgan fingerprint density at radius 2 is 2.29 bits per heavy atom. The lowest BCUT2D eigenvalue weighted by molar-refractivity contribution is 0.528. The Kier molecular flexibility index (Phi) is 3.47. The second kappa shape index (κ2) is 4.87. The molecule has 0 aromatic carbocycles. The molecule has 1 aromatic rings. The van der Waals surface area contributed by atoms with Crippen molar-refractivity contribution in [2.75, 3.05) is 11.9 Å². The van der Waals surface area contributed by atoms with Crippen LogP contribution < -0.4 is 16.6 Å². The standard InChI is InChI=1S/C12H20N4O/c1-8(2)10(7-13)15-11-12(17)16(6-5-14-11)9-3-4-9/h5-6,8-10H,3-4,7,13H2,1-2H3,(H,14,15). The van der Waals surface area contributed by atoms with Crippen molar-refractivity contribution in [3.05, 3.63) is 22.7 Å². The van der Waals surface area contributed by atoms with Gasteiger partial charge in [0, 0.05) is 31.0 Å². The summed E-state index contributed by atoms with van der Waals surface area (Å²) in [5.74, 6) is 0.791. The summed E-state index contributed by atoms with van der Waals surface area (Å²) in [6, 6.07) is 0.465. The molecule has 17 heavy (non-hydrogen) atoms. The van der Waals surface area contributed by atoms with Crippen LogP contribution >= 0.6 is 0 Å². The van der Waals surface area contributed by atoms with Gasteiger partial charge in [0.15, 0.2) is 5.82 Å². The summed E-state index contributed by atoms with van der Waals surface area (Å²) < 4.78 is 1.77. The normalized spacial score (nSPS) is 17.2. The fourth-order valence-corrected chi connectivity index (χ4v) is 1.84. The molecule has 0 spiro atoms. The molecule has 0 saturated heterocycles. The quantitative estimate of drug-likeness (QED) is 0.799. The van der Waals surface area contributed by atoms with Crippen molar-refractivity contribution in [3.8, 4) is 0 Å². The average Bonchev–Trinajstić information content (AvgIpc) is 3.11. The molecule has 1 heterocycles. The van der Waals surface area contributed by atoms with Crippen LogP contribution in [-0.4, -0.2) is 22.1 Å². The lowest BCUT2D eigenvalue weighted by Crippen LogP contribution is -2.37. The number of rotatable bonds is 5. The lowest BCUT2D eigenvalue weighted by Gasteiger charge is -2.20. The highest BCUT2D eigenvalue weighted by Gasteiger charge is 2.25. The Bertz CT molecular complexity index is 436. The zero-order valence-corrected chi connectivity index (χ0v) is 10.4. The van der Waals surface area contributed by atoms with Crippen LogP contribution in [0.3, 0.4) is 0 Å². The molecule has 0 radical (unpaired) electrons. The summed E-state index contributed by atoms with van der Waals surface area (Å²) in [5.41, 5.74) is 5.65. The molecule has 0 aliphatic heterocycles. The highest BCUT2D eigenvalue weighted by molar-refractivity contribution is 5.33. The Balaban J connectivity index is 2.20. The molecule has 1 unspecified atom stereocenters. The molecular weight excluding hydrogens is 216 g/mol. The number of hydrogen-bond donors (Lipinski definition) is 2. The maximum Gasteiger partial charge on any atom is 0.293 e. The SMILES string of the molecule is CC(C)C(CN)Nc1nccn(C2CC2)c1=O. The van der Waals surface area contributed by atoms with Gasteiger partial charge in [0.25, 0.3) is 5.56 Å². The van der Waals surface area contributed by atoms with Gasteiger partial charge in [-0.3, -0.25) is 4.79 Å². The fraction of sp³-hybridized carbons (Fsp3) is 0.667. The molecule has 1 atom stereocenters. The van der Waals surface area contributed by atoms with E-state index in [1.807, 2.05) is 0 Å². The maximum atomic E-state index is 12.1. The van der Waals surface area contributed by atoms with Crippen molar-refractivity contribution in [1.29, 1.82) is 0 Å². The molecule has 1 aliphatic carbocycles. The third-order valence-corrected chi connectivity index (χ3v) is 3.19. The summed E-state index contributed by atoms with van der Waals surface area (Å²) >= 11 is 0. The molecular formula is C12H20N4O. The van der Waals surface area contributed by atoms with E-state index >= 15 is 0 Å². The van der Waals surface area contributed by atoms with Crippen LogP contribution in [-0.2, 0) is 0 Å². The third kappa shape index (κ3) is 2.66. The van der Waals surface area contributed by atoms with Crippen LogP contribution in [0.25, 0.3) is 0 Å². The molecule has 1 aliphatic rings. The number of nitrogens with one attached hydrogen (secondary N) is 1. The molecule has 1 saturated carbocycles. The third-order valence-electron chi connectivity index (χ3n) is 3.19. The highest BCUT2D eigenvalue weighted by atomic mass is 16.1. The molecule has 1 aromatic heterocycles. The van der Waals surface area contributed by atoms with Crippen LogP contribution in [0.4, 0.5) is 5.82 Å². The lowest BCUT2D eigenvalue weighted by atomic mass is 10.1. The van der Waals surface area contributed by atoms with Crippen molar-refractivity contribution in [2.24, 2.45) is 11.7 Å². The van der Waals surface area contributed by atoms with Crippen LogP contribution in [0.1, 0.15) is 32.7 Å². The zero-order chi connectivity index (χ0) is 12.4. The molecule has 94 valence electrons. The first kappa shape index (κ1) is 12.1. The van der Waals surface area contributed by atoms with Gasteiger partial charge in [-0.15, -0.1) is 0 Å². The number of aromatic nitrogens is 2. The molecule has 2 rings (SSSR count). The Morgan fingerprint density at radius 3 is 2.82 bits per heavy atom. The van der Waals surface area contributed by atoms with Gasteiger partial charge in [0.1, 0.15) is 0 Å². The second-order valence-electron chi connectivity index (χ2n) is 4.95. The van der Waals surface area contributed by atoms with E-state index in [0.29, 0.717) is 24.3 Å². The van der Waals surface area contributed by atoms with E-state index in [9.17, 15) is 4.79 Å². The van der Waals surface area contributed by atoms with Crippen molar-refractivity contribution in [1.82, 2.24) is 9.55 Å². The summed E-state index contributed by atoms with van der Waals surface area (Å²) in [6.45, 7) is 4.65. The largest absolute Gasteiger partial charge is 0.361 e. The van der Waals surface area contributed by atoms with Crippen LogP contribution in [0.5, 0.6) is 0 Å². The molecule has 0 amide bonds. The first-order chi connectivity index (χ1) is 8.13. The first-order valence-corrected chi connectivity index (χ1v) is 6.17. The predicted octanol–water partition coefficient (Wildman–Crippen LogP) is 0.973. The Labute approximate surface area is 101 Å².